The number of thioether (sulfide) groups is 1. The van der Waals surface area contributed by atoms with Crippen molar-refractivity contribution in [3.63, 3.8) is 0 Å². The van der Waals surface area contributed by atoms with Crippen LogP contribution in [-0.2, 0) is 11.2 Å². The molecule has 0 aliphatic rings. The number of benzene rings is 3. The van der Waals surface area contributed by atoms with Gasteiger partial charge in [-0.05, 0) is 67.3 Å². The van der Waals surface area contributed by atoms with Gasteiger partial charge in [0.05, 0.1) is 15.2 Å². The maximum Gasteiger partial charge on any atom is 0.251 e. The molecule has 0 radical (unpaired) electrons. The van der Waals surface area contributed by atoms with Crippen molar-refractivity contribution in [3.05, 3.63) is 94.5 Å². The monoisotopic (exact) mass is 489 g/mol. The van der Waals surface area contributed by atoms with Gasteiger partial charge in [-0.25, -0.2) is 4.98 Å². The first kappa shape index (κ1) is 24.0. The van der Waals surface area contributed by atoms with E-state index in [0.29, 0.717) is 17.7 Å². The molecule has 1 atom stereocenters. The van der Waals surface area contributed by atoms with Crippen LogP contribution in [0.15, 0.2) is 72.8 Å². The number of fused-ring (bicyclic) bond motifs is 1. The van der Waals surface area contributed by atoms with Crippen molar-refractivity contribution >= 4 is 50.8 Å². The predicted octanol–water partition coefficient (Wildman–Crippen LogP) is 5.69. The molecule has 0 saturated heterocycles. The highest BCUT2D eigenvalue weighted by atomic mass is 32.2. The summed E-state index contributed by atoms with van der Waals surface area (Å²) in [7, 11) is 0. The zero-order valence-corrected chi connectivity index (χ0v) is 20.8. The van der Waals surface area contributed by atoms with E-state index in [1.807, 2.05) is 73.8 Å². The fraction of sp³-hybridized carbons (Fsp3) is 0.222. The van der Waals surface area contributed by atoms with Crippen LogP contribution in [0.25, 0.3) is 10.2 Å². The van der Waals surface area contributed by atoms with Gasteiger partial charge in [0.15, 0.2) is 0 Å². The topological polar surface area (TPSA) is 71.1 Å². The number of carbonyl (C=O) groups excluding carboxylic acids is 2. The number of amides is 2. The molecule has 7 heteroatoms. The first-order chi connectivity index (χ1) is 16.5. The zero-order valence-electron chi connectivity index (χ0n) is 19.2. The van der Waals surface area contributed by atoms with Gasteiger partial charge in [-0.2, -0.15) is 11.8 Å². The third-order valence-corrected chi connectivity index (χ3v) is 7.11. The van der Waals surface area contributed by atoms with E-state index >= 15 is 0 Å². The number of para-hydroxylation sites is 1. The highest BCUT2D eigenvalue weighted by Gasteiger charge is 2.21. The standard InChI is InChI=1S/C27H27N3O2S2/c1-18-6-5-7-20(16-18)26(31)30-23(14-15-33-2)27(32)28-21-12-10-19(11-13-21)17-25-29-22-8-3-4-9-24(22)34-25/h3-13,16,23H,14-15,17H2,1-2H3,(H,28,32)(H,30,31). The van der Waals surface area contributed by atoms with E-state index in [4.69, 9.17) is 4.98 Å². The Kier molecular flexibility index (Phi) is 7.98. The maximum atomic E-state index is 13.0. The number of anilines is 1. The highest BCUT2D eigenvalue weighted by Crippen LogP contribution is 2.24. The number of aryl methyl sites for hydroxylation is 1. The van der Waals surface area contributed by atoms with Crippen LogP contribution < -0.4 is 10.6 Å². The second-order valence-corrected chi connectivity index (χ2v) is 10.2. The molecule has 4 rings (SSSR count). The number of hydrogen-bond donors (Lipinski definition) is 2. The lowest BCUT2D eigenvalue weighted by Gasteiger charge is -2.18. The lowest BCUT2D eigenvalue weighted by Crippen LogP contribution is -2.44. The summed E-state index contributed by atoms with van der Waals surface area (Å²) in [6.45, 7) is 1.94. The minimum atomic E-state index is -0.608. The van der Waals surface area contributed by atoms with Gasteiger partial charge >= 0.3 is 0 Å². The number of aromatic nitrogens is 1. The van der Waals surface area contributed by atoms with Crippen molar-refractivity contribution in [2.45, 2.75) is 25.8 Å². The van der Waals surface area contributed by atoms with Crippen molar-refractivity contribution in [1.29, 1.82) is 0 Å². The fourth-order valence-electron chi connectivity index (χ4n) is 3.64. The molecule has 3 aromatic carbocycles. The summed E-state index contributed by atoms with van der Waals surface area (Å²) in [5.41, 5.74) is 4.42. The quantitative estimate of drug-likeness (QED) is 0.317. The van der Waals surface area contributed by atoms with E-state index in [9.17, 15) is 9.59 Å². The fourth-order valence-corrected chi connectivity index (χ4v) is 5.11. The summed E-state index contributed by atoms with van der Waals surface area (Å²) >= 11 is 3.35. The third kappa shape index (κ3) is 6.24. The van der Waals surface area contributed by atoms with Crippen LogP contribution in [-0.4, -0.2) is 34.8 Å². The summed E-state index contributed by atoms with van der Waals surface area (Å²) in [6, 6.07) is 22.7. The Morgan fingerprint density at radius 3 is 2.56 bits per heavy atom. The largest absolute Gasteiger partial charge is 0.340 e. The molecule has 0 aliphatic carbocycles. The van der Waals surface area contributed by atoms with Crippen LogP contribution in [0.5, 0.6) is 0 Å². The molecule has 174 valence electrons. The van der Waals surface area contributed by atoms with Crippen LogP contribution in [0, 0.1) is 6.92 Å². The van der Waals surface area contributed by atoms with Crippen molar-refractivity contribution in [3.8, 4) is 0 Å². The van der Waals surface area contributed by atoms with Gasteiger partial charge in [0.2, 0.25) is 5.91 Å². The minimum Gasteiger partial charge on any atom is -0.340 e. The summed E-state index contributed by atoms with van der Waals surface area (Å²) in [5.74, 6) is 0.318. The van der Waals surface area contributed by atoms with Crippen LogP contribution in [0.3, 0.4) is 0 Å². The van der Waals surface area contributed by atoms with Crippen molar-refractivity contribution in [1.82, 2.24) is 10.3 Å². The Hall–Kier alpha value is -3.16. The number of hydrogen-bond acceptors (Lipinski definition) is 5. The molecular formula is C27H27N3O2S2. The van der Waals surface area contributed by atoms with E-state index in [-0.39, 0.29) is 11.8 Å². The highest BCUT2D eigenvalue weighted by molar-refractivity contribution is 7.98. The number of nitrogens with zero attached hydrogens (tertiary/aromatic N) is 1. The lowest BCUT2D eigenvalue weighted by molar-refractivity contribution is -0.118. The van der Waals surface area contributed by atoms with Gasteiger partial charge in [-0.1, -0.05) is 42.0 Å². The normalized spacial score (nSPS) is 11.8. The molecule has 0 bridgehead atoms. The molecule has 1 aromatic heterocycles. The molecule has 1 heterocycles. The first-order valence-corrected chi connectivity index (χ1v) is 13.3. The Morgan fingerprint density at radius 2 is 1.82 bits per heavy atom. The Balaban J connectivity index is 1.39. The number of thiazole rings is 1. The van der Waals surface area contributed by atoms with Crippen LogP contribution >= 0.6 is 23.1 Å². The molecule has 0 saturated carbocycles. The van der Waals surface area contributed by atoms with E-state index < -0.39 is 6.04 Å². The van der Waals surface area contributed by atoms with Gasteiger partial charge in [0, 0.05) is 17.7 Å². The SMILES string of the molecule is CSCCC(NC(=O)c1cccc(C)c1)C(=O)Nc1ccc(Cc2nc3ccccc3s2)cc1. The molecule has 2 amide bonds. The van der Waals surface area contributed by atoms with Gasteiger partial charge in [0.25, 0.3) is 5.91 Å². The van der Waals surface area contributed by atoms with E-state index in [1.54, 1.807) is 29.2 Å². The Labute approximate surface area is 208 Å². The van der Waals surface area contributed by atoms with E-state index in [2.05, 4.69) is 16.7 Å². The summed E-state index contributed by atoms with van der Waals surface area (Å²) < 4.78 is 1.19. The Bertz CT molecular complexity index is 1250. The van der Waals surface area contributed by atoms with Crippen LogP contribution in [0.2, 0.25) is 0 Å². The summed E-state index contributed by atoms with van der Waals surface area (Å²) in [6.07, 6.45) is 3.29. The molecule has 1 unspecified atom stereocenters. The van der Waals surface area contributed by atoms with Gasteiger partial charge in [0.1, 0.15) is 6.04 Å². The molecule has 5 nitrogen and oxygen atoms in total. The van der Waals surface area contributed by atoms with Crippen molar-refractivity contribution < 1.29 is 9.59 Å². The van der Waals surface area contributed by atoms with Crippen molar-refractivity contribution in [2.75, 3.05) is 17.3 Å². The molecule has 0 spiro atoms. The predicted molar refractivity (Wildman–Crippen MR) is 143 cm³/mol. The maximum absolute atomic E-state index is 13.0. The van der Waals surface area contributed by atoms with E-state index in [1.165, 1.54) is 4.70 Å². The average molecular weight is 490 g/mol. The third-order valence-electron chi connectivity index (χ3n) is 5.43. The molecule has 0 aliphatic heterocycles. The van der Waals surface area contributed by atoms with Crippen LogP contribution in [0.1, 0.15) is 32.9 Å². The van der Waals surface area contributed by atoms with Gasteiger partial charge in [-0.15, -0.1) is 11.3 Å². The summed E-state index contributed by atoms with van der Waals surface area (Å²) in [4.78, 5) is 30.4. The molecule has 2 N–H and O–H groups in total. The van der Waals surface area contributed by atoms with Crippen molar-refractivity contribution in [2.24, 2.45) is 0 Å². The molecule has 4 aromatic rings. The number of nitrogens with one attached hydrogen (secondary N) is 2. The number of rotatable bonds is 9. The lowest BCUT2D eigenvalue weighted by atomic mass is 10.1. The number of carbonyl (C=O) groups is 2. The molecular weight excluding hydrogens is 462 g/mol. The van der Waals surface area contributed by atoms with E-state index in [0.717, 1.165) is 33.8 Å². The second-order valence-electron chi connectivity index (χ2n) is 8.12. The second kappa shape index (κ2) is 11.3. The molecule has 34 heavy (non-hydrogen) atoms. The van der Waals surface area contributed by atoms with Gasteiger partial charge in [-0.3, -0.25) is 9.59 Å². The Morgan fingerprint density at radius 1 is 1.03 bits per heavy atom. The zero-order chi connectivity index (χ0) is 23.9. The molecule has 0 fully saturated rings. The smallest absolute Gasteiger partial charge is 0.251 e. The van der Waals surface area contributed by atoms with Gasteiger partial charge < -0.3 is 10.6 Å². The van der Waals surface area contributed by atoms with Crippen LogP contribution in [0.4, 0.5) is 5.69 Å². The first-order valence-electron chi connectivity index (χ1n) is 11.1. The summed E-state index contributed by atoms with van der Waals surface area (Å²) in [5, 5.41) is 6.92. The average Bonchev–Trinajstić information content (AvgIpc) is 3.25. The minimum absolute atomic E-state index is 0.214.